The van der Waals surface area contributed by atoms with Crippen LogP contribution >= 0.6 is 0 Å². The molecule has 0 unspecified atom stereocenters. The van der Waals surface area contributed by atoms with E-state index in [1.807, 2.05) is 36.5 Å². The molecule has 0 saturated heterocycles. The Labute approximate surface area is 149 Å². The van der Waals surface area contributed by atoms with Crippen LogP contribution in [0.15, 0.2) is 48.9 Å². The lowest BCUT2D eigenvalue weighted by atomic mass is 10.0. The predicted octanol–water partition coefficient (Wildman–Crippen LogP) is 2.30. The van der Waals surface area contributed by atoms with Crippen molar-refractivity contribution in [1.29, 1.82) is 0 Å². The van der Waals surface area contributed by atoms with E-state index in [9.17, 15) is 4.79 Å². The molecular weight excluding hydrogens is 328 g/mol. The lowest BCUT2D eigenvalue weighted by molar-refractivity contribution is 0.0995. The molecule has 5 heterocycles. The molecule has 7 heteroatoms. The van der Waals surface area contributed by atoms with Gasteiger partial charge in [0.25, 0.3) is 5.91 Å². The van der Waals surface area contributed by atoms with Crippen LogP contribution in [0.1, 0.15) is 22.6 Å². The van der Waals surface area contributed by atoms with Gasteiger partial charge in [-0.3, -0.25) is 18.9 Å². The summed E-state index contributed by atoms with van der Waals surface area (Å²) in [4.78, 5) is 20.4. The standard InChI is InChI=1S/C19H16N6O/c20-19(26)15-10-22-16-7-6-12(11-24(15)16)17-14-5-3-9-25(14)23-18(17)13-4-1-2-8-21-13/h1-2,4,6-8,10-11H,3,5,9H2,(H2,20,26). The summed E-state index contributed by atoms with van der Waals surface area (Å²) in [6.07, 6.45) is 7.24. The van der Waals surface area contributed by atoms with Crippen LogP contribution in [0.2, 0.25) is 0 Å². The van der Waals surface area contributed by atoms with Crippen LogP contribution in [-0.4, -0.2) is 30.1 Å². The summed E-state index contributed by atoms with van der Waals surface area (Å²) < 4.78 is 3.80. The van der Waals surface area contributed by atoms with Gasteiger partial charge < -0.3 is 5.73 Å². The normalized spacial score (nSPS) is 13.2. The smallest absolute Gasteiger partial charge is 0.267 e. The van der Waals surface area contributed by atoms with Crippen LogP contribution in [0.4, 0.5) is 0 Å². The van der Waals surface area contributed by atoms with Gasteiger partial charge in [-0.15, -0.1) is 0 Å². The number of carbonyl (C=O) groups excluding carboxylic acids is 1. The van der Waals surface area contributed by atoms with Crippen molar-refractivity contribution in [2.75, 3.05) is 0 Å². The molecule has 4 aromatic rings. The first-order valence-electron chi connectivity index (χ1n) is 8.51. The molecule has 26 heavy (non-hydrogen) atoms. The monoisotopic (exact) mass is 344 g/mol. The summed E-state index contributed by atoms with van der Waals surface area (Å²) in [5, 5.41) is 4.80. The quantitative estimate of drug-likeness (QED) is 0.617. The highest BCUT2D eigenvalue weighted by Gasteiger charge is 2.24. The maximum absolute atomic E-state index is 11.7. The molecule has 0 aromatic carbocycles. The van der Waals surface area contributed by atoms with Gasteiger partial charge in [-0.25, -0.2) is 4.98 Å². The molecule has 0 spiro atoms. The highest BCUT2D eigenvalue weighted by Crippen LogP contribution is 2.36. The minimum atomic E-state index is -0.500. The zero-order valence-electron chi connectivity index (χ0n) is 14.0. The molecule has 1 aliphatic heterocycles. The van der Waals surface area contributed by atoms with E-state index in [4.69, 9.17) is 10.8 Å². The number of aryl methyl sites for hydroxylation is 1. The van der Waals surface area contributed by atoms with E-state index in [1.165, 1.54) is 11.9 Å². The van der Waals surface area contributed by atoms with Crippen LogP contribution in [0, 0.1) is 0 Å². The average molecular weight is 344 g/mol. The van der Waals surface area contributed by atoms with Gasteiger partial charge in [-0.2, -0.15) is 5.10 Å². The highest BCUT2D eigenvalue weighted by atomic mass is 16.1. The average Bonchev–Trinajstić information content (AvgIpc) is 3.35. The first-order valence-corrected chi connectivity index (χ1v) is 8.51. The molecule has 5 rings (SSSR count). The molecule has 128 valence electrons. The third-order valence-electron chi connectivity index (χ3n) is 4.80. The van der Waals surface area contributed by atoms with Crippen molar-refractivity contribution in [1.82, 2.24) is 24.1 Å². The molecular formula is C19H16N6O. The largest absolute Gasteiger partial charge is 0.364 e. The summed E-state index contributed by atoms with van der Waals surface area (Å²) in [7, 11) is 0. The second-order valence-corrected chi connectivity index (χ2v) is 6.37. The minimum absolute atomic E-state index is 0.366. The Kier molecular flexibility index (Phi) is 3.15. The van der Waals surface area contributed by atoms with E-state index >= 15 is 0 Å². The number of primary amides is 1. The SMILES string of the molecule is NC(=O)c1cnc2ccc(-c3c(-c4ccccn4)nn4c3CCC4)cn12. The number of aromatic nitrogens is 5. The number of amides is 1. The van der Waals surface area contributed by atoms with E-state index in [2.05, 4.69) is 14.6 Å². The van der Waals surface area contributed by atoms with Crippen molar-refractivity contribution in [2.45, 2.75) is 19.4 Å². The summed E-state index contributed by atoms with van der Waals surface area (Å²) >= 11 is 0. The fourth-order valence-electron chi connectivity index (χ4n) is 3.63. The van der Waals surface area contributed by atoms with Gasteiger partial charge in [0.2, 0.25) is 0 Å². The van der Waals surface area contributed by atoms with Gasteiger partial charge in [-0.05, 0) is 37.1 Å². The molecule has 0 fully saturated rings. The molecule has 0 radical (unpaired) electrons. The fraction of sp³-hybridized carbons (Fsp3) is 0.158. The van der Waals surface area contributed by atoms with E-state index in [0.717, 1.165) is 41.9 Å². The van der Waals surface area contributed by atoms with Gasteiger partial charge in [0.1, 0.15) is 17.0 Å². The first kappa shape index (κ1) is 14.8. The van der Waals surface area contributed by atoms with Crippen molar-refractivity contribution in [3.63, 3.8) is 0 Å². The zero-order valence-corrected chi connectivity index (χ0v) is 14.0. The van der Waals surface area contributed by atoms with Crippen molar-refractivity contribution < 1.29 is 4.79 Å². The van der Waals surface area contributed by atoms with Gasteiger partial charge in [0, 0.05) is 35.8 Å². The van der Waals surface area contributed by atoms with Crippen LogP contribution in [-0.2, 0) is 13.0 Å². The van der Waals surface area contributed by atoms with Crippen LogP contribution in [0.5, 0.6) is 0 Å². The number of nitrogens with two attached hydrogens (primary N) is 1. The molecule has 0 aliphatic carbocycles. The molecule has 0 bridgehead atoms. The number of rotatable bonds is 3. The van der Waals surface area contributed by atoms with E-state index < -0.39 is 5.91 Å². The minimum Gasteiger partial charge on any atom is -0.364 e. The van der Waals surface area contributed by atoms with Crippen molar-refractivity contribution in [3.05, 3.63) is 60.3 Å². The summed E-state index contributed by atoms with van der Waals surface area (Å²) in [6, 6.07) is 9.72. The second-order valence-electron chi connectivity index (χ2n) is 6.37. The highest BCUT2D eigenvalue weighted by molar-refractivity contribution is 5.92. The Morgan fingerprint density at radius 1 is 1.15 bits per heavy atom. The molecule has 7 nitrogen and oxygen atoms in total. The van der Waals surface area contributed by atoms with E-state index in [-0.39, 0.29) is 0 Å². The van der Waals surface area contributed by atoms with Gasteiger partial charge in [0.15, 0.2) is 0 Å². The molecule has 1 aliphatic rings. The Balaban J connectivity index is 1.77. The first-order chi connectivity index (χ1) is 12.7. The van der Waals surface area contributed by atoms with Crippen molar-refractivity contribution in [2.24, 2.45) is 5.73 Å². The lowest BCUT2D eigenvalue weighted by Gasteiger charge is -2.07. The van der Waals surface area contributed by atoms with Crippen LogP contribution in [0.25, 0.3) is 28.2 Å². The number of carbonyl (C=O) groups is 1. The number of nitrogens with zero attached hydrogens (tertiary/aromatic N) is 5. The molecule has 0 atom stereocenters. The number of imidazole rings is 1. The fourth-order valence-corrected chi connectivity index (χ4v) is 3.63. The Morgan fingerprint density at radius 3 is 2.88 bits per heavy atom. The Bertz CT molecular complexity index is 1140. The Morgan fingerprint density at radius 2 is 2.08 bits per heavy atom. The van der Waals surface area contributed by atoms with E-state index in [1.54, 1.807) is 10.6 Å². The number of hydrogen-bond acceptors (Lipinski definition) is 4. The Hall–Kier alpha value is -3.48. The van der Waals surface area contributed by atoms with Gasteiger partial charge in [-0.1, -0.05) is 6.07 Å². The van der Waals surface area contributed by atoms with E-state index in [0.29, 0.717) is 11.3 Å². The van der Waals surface area contributed by atoms with Gasteiger partial charge in [0.05, 0.1) is 11.9 Å². The maximum Gasteiger partial charge on any atom is 0.267 e. The topological polar surface area (TPSA) is 91.1 Å². The molecule has 0 saturated carbocycles. The van der Waals surface area contributed by atoms with Gasteiger partial charge >= 0.3 is 0 Å². The zero-order chi connectivity index (χ0) is 17.7. The third-order valence-corrected chi connectivity index (χ3v) is 4.80. The summed E-state index contributed by atoms with van der Waals surface area (Å²) in [6.45, 7) is 0.912. The van der Waals surface area contributed by atoms with Crippen LogP contribution < -0.4 is 5.73 Å². The van der Waals surface area contributed by atoms with Crippen molar-refractivity contribution >= 4 is 11.6 Å². The number of fused-ring (bicyclic) bond motifs is 2. The maximum atomic E-state index is 11.7. The predicted molar refractivity (Wildman–Crippen MR) is 96.5 cm³/mol. The van der Waals surface area contributed by atoms with Crippen molar-refractivity contribution in [3.8, 4) is 22.5 Å². The molecule has 2 N–H and O–H groups in total. The molecule has 4 aromatic heterocycles. The lowest BCUT2D eigenvalue weighted by Crippen LogP contribution is -2.13. The number of pyridine rings is 2. The molecule has 1 amide bonds. The number of hydrogen-bond donors (Lipinski definition) is 1. The third kappa shape index (κ3) is 2.13. The van der Waals surface area contributed by atoms with Crippen LogP contribution in [0.3, 0.4) is 0 Å². The second kappa shape index (κ2) is 5.52. The summed E-state index contributed by atoms with van der Waals surface area (Å²) in [5.41, 5.74) is 11.5. The summed E-state index contributed by atoms with van der Waals surface area (Å²) in [5.74, 6) is -0.500.